The SMILES string of the molecule is CCCCNC(=S)Nc1cc(Br)cc(C(F)(F)F)c1. The average molecular weight is 355 g/mol. The van der Waals surface area contributed by atoms with Gasteiger partial charge in [-0.05, 0) is 36.8 Å². The van der Waals surface area contributed by atoms with Crippen molar-refractivity contribution in [2.75, 3.05) is 11.9 Å². The van der Waals surface area contributed by atoms with Crippen molar-refractivity contribution < 1.29 is 13.2 Å². The number of unbranched alkanes of at least 4 members (excludes halogenated alkanes) is 1. The van der Waals surface area contributed by atoms with Crippen molar-refractivity contribution in [2.24, 2.45) is 0 Å². The largest absolute Gasteiger partial charge is 0.416 e. The molecule has 0 saturated carbocycles. The highest BCUT2D eigenvalue weighted by molar-refractivity contribution is 9.10. The van der Waals surface area contributed by atoms with Gasteiger partial charge in [0.15, 0.2) is 5.11 Å². The molecular weight excluding hydrogens is 341 g/mol. The Morgan fingerprint density at radius 2 is 2.00 bits per heavy atom. The van der Waals surface area contributed by atoms with Crippen molar-refractivity contribution >= 4 is 38.9 Å². The van der Waals surface area contributed by atoms with Crippen LogP contribution < -0.4 is 10.6 Å². The third-order valence-electron chi connectivity index (χ3n) is 2.30. The van der Waals surface area contributed by atoms with E-state index in [-0.39, 0.29) is 0 Å². The molecule has 0 unspecified atom stereocenters. The van der Waals surface area contributed by atoms with Crippen molar-refractivity contribution in [1.29, 1.82) is 0 Å². The van der Waals surface area contributed by atoms with E-state index < -0.39 is 11.7 Å². The zero-order valence-electron chi connectivity index (χ0n) is 10.3. The predicted molar refractivity (Wildman–Crippen MR) is 78.3 cm³/mol. The third kappa shape index (κ3) is 5.78. The van der Waals surface area contributed by atoms with Gasteiger partial charge in [-0.3, -0.25) is 0 Å². The molecule has 106 valence electrons. The Hall–Kier alpha value is -0.820. The first-order valence-corrected chi connectivity index (χ1v) is 6.95. The number of halogens is 4. The van der Waals surface area contributed by atoms with Crippen LogP contribution in [-0.2, 0) is 6.18 Å². The van der Waals surface area contributed by atoms with E-state index in [1.165, 1.54) is 0 Å². The predicted octanol–water partition coefficient (Wildman–Crippen LogP) is 4.55. The number of rotatable bonds is 4. The molecule has 2 N–H and O–H groups in total. The van der Waals surface area contributed by atoms with Crippen LogP contribution >= 0.6 is 28.1 Å². The summed E-state index contributed by atoms with van der Waals surface area (Å²) in [7, 11) is 0. The molecule has 2 nitrogen and oxygen atoms in total. The van der Waals surface area contributed by atoms with Crippen LogP contribution in [0, 0.1) is 0 Å². The molecule has 1 aromatic rings. The van der Waals surface area contributed by atoms with E-state index in [4.69, 9.17) is 12.2 Å². The number of anilines is 1. The van der Waals surface area contributed by atoms with Gasteiger partial charge in [-0.25, -0.2) is 0 Å². The van der Waals surface area contributed by atoms with Crippen LogP contribution in [0.3, 0.4) is 0 Å². The average Bonchev–Trinajstić information content (AvgIpc) is 2.27. The lowest BCUT2D eigenvalue weighted by molar-refractivity contribution is -0.137. The maximum absolute atomic E-state index is 12.6. The lowest BCUT2D eigenvalue weighted by atomic mass is 10.2. The third-order valence-corrected chi connectivity index (χ3v) is 3.00. The second-order valence-corrected chi connectivity index (χ2v) is 5.28. The minimum atomic E-state index is -4.38. The first-order valence-electron chi connectivity index (χ1n) is 5.75. The summed E-state index contributed by atoms with van der Waals surface area (Å²) in [6, 6.07) is 3.60. The Bertz CT molecular complexity index is 449. The fourth-order valence-corrected chi connectivity index (χ4v) is 2.09. The van der Waals surface area contributed by atoms with Crippen LogP contribution in [0.15, 0.2) is 22.7 Å². The molecular formula is C12H14BrF3N2S. The molecule has 0 amide bonds. The van der Waals surface area contributed by atoms with Crippen molar-refractivity contribution in [3.63, 3.8) is 0 Å². The molecule has 0 aliphatic rings. The molecule has 0 aliphatic carbocycles. The summed E-state index contributed by atoms with van der Waals surface area (Å²) < 4.78 is 38.3. The molecule has 0 heterocycles. The molecule has 0 aromatic heterocycles. The number of alkyl halides is 3. The fraction of sp³-hybridized carbons (Fsp3) is 0.417. The van der Waals surface area contributed by atoms with Gasteiger partial charge in [0.1, 0.15) is 0 Å². The molecule has 19 heavy (non-hydrogen) atoms. The second-order valence-electron chi connectivity index (χ2n) is 3.96. The van der Waals surface area contributed by atoms with E-state index in [1.54, 1.807) is 6.07 Å². The van der Waals surface area contributed by atoms with Gasteiger partial charge >= 0.3 is 6.18 Å². The zero-order valence-corrected chi connectivity index (χ0v) is 12.7. The first kappa shape index (κ1) is 16.2. The highest BCUT2D eigenvalue weighted by Crippen LogP contribution is 2.33. The summed E-state index contributed by atoms with van der Waals surface area (Å²) in [4.78, 5) is 0. The maximum Gasteiger partial charge on any atom is 0.416 e. The van der Waals surface area contributed by atoms with E-state index in [1.807, 2.05) is 6.92 Å². The van der Waals surface area contributed by atoms with Gasteiger partial charge in [-0.2, -0.15) is 13.2 Å². The van der Waals surface area contributed by atoms with Gasteiger partial charge in [-0.15, -0.1) is 0 Å². The molecule has 1 aromatic carbocycles. The lowest BCUT2D eigenvalue weighted by Gasteiger charge is -2.13. The molecule has 0 saturated heterocycles. The van der Waals surface area contributed by atoms with E-state index >= 15 is 0 Å². The molecule has 0 aliphatic heterocycles. The molecule has 0 fully saturated rings. The van der Waals surface area contributed by atoms with Crippen LogP contribution in [0.25, 0.3) is 0 Å². The summed E-state index contributed by atoms with van der Waals surface area (Å²) in [5.41, 5.74) is -0.420. The Kier molecular flexibility index (Phi) is 6.06. The van der Waals surface area contributed by atoms with Crippen LogP contribution in [0.1, 0.15) is 25.3 Å². The molecule has 0 spiro atoms. The van der Waals surface area contributed by atoms with Crippen molar-refractivity contribution in [1.82, 2.24) is 5.32 Å². The van der Waals surface area contributed by atoms with Crippen LogP contribution in [-0.4, -0.2) is 11.7 Å². The normalized spacial score (nSPS) is 11.2. The van der Waals surface area contributed by atoms with Gasteiger partial charge < -0.3 is 10.6 Å². The monoisotopic (exact) mass is 354 g/mol. The van der Waals surface area contributed by atoms with Gasteiger partial charge in [-0.1, -0.05) is 29.3 Å². The Labute approximate surface area is 123 Å². The summed E-state index contributed by atoms with van der Waals surface area (Å²) >= 11 is 8.07. The fourth-order valence-electron chi connectivity index (χ4n) is 1.38. The summed E-state index contributed by atoms with van der Waals surface area (Å²) in [5.74, 6) is 0. The van der Waals surface area contributed by atoms with Crippen molar-refractivity contribution in [3.05, 3.63) is 28.2 Å². The van der Waals surface area contributed by atoms with Crippen LogP contribution in [0.5, 0.6) is 0 Å². The molecule has 7 heteroatoms. The summed E-state index contributed by atoms with van der Waals surface area (Å²) in [6.45, 7) is 2.74. The molecule has 0 bridgehead atoms. The number of thiocarbonyl (C=S) groups is 1. The zero-order chi connectivity index (χ0) is 14.5. The van der Waals surface area contributed by atoms with E-state index in [0.717, 1.165) is 25.0 Å². The smallest absolute Gasteiger partial charge is 0.362 e. The highest BCUT2D eigenvalue weighted by atomic mass is 79.9. The van der Waals surface area contributed by atoms with Crippen molar-refractivity contribution in [3.8, 4) is 0 Å². The Morgan fingerprint density at radius 3 is 2.58 bits per heavy atom. The Balaban J connectivity index is 2.73. The number of nitrogens with one attached hydrogen (secondary N) is 2. The van der Waals surface area contributed by atoms with Gasteiger partial charge in [0.25, 0.3) is 0 Å². The number of hydrogen-bond acceptors (Lipinski definition) is 1. The van der Waals surface area contributed by atoms with Crippen molar-refractivity contribution in [2.45, 2.75) is 25.9 Å². The standard InChI is InChI=1S/C12H14BrF3N2S/c1-2-3-4-17-11(19)18-10-6-8(12(14,15)16)5-9(13)7-10/h5-7H,2-4H2,1H3,(H2,17,18,19). The van der Waals surface area contributed by atoms with Gasteiger partial charge in [0, 0.05) is 16.7 Å². The molecule has 1 rings (SSSR count). The minimum absolute atomic E-state index is 0.302. The van der Waals surface area contributed by atoms with E-state index in [9.17, 15) is 13.2 Å². The molecule has 0 atom stereocenters. The summed E-state index contributed by atoms with van der Waals surface area (Å²) in [5, 5.41) is 6.00. The lowest BCUT2D eigenvalue weighted by Crippen LogP contribution is -2.29. The van der Waals surface area contributed by atoms with Gasteiger partial charge in [0.05, 0.1) is 5.56 Å². The van der Waals surface area contributed by atoms with Crippen LogP contribution in [0.2, 0.25) is 0 Å². The van der Waals surface area contributed by atoms with E-state index in [2.05, 4.69) is 26.6 Å². The first-order chi connectivity index (χ1) is 8.82. The Morgan fingerprint density at radius 1 is 1.32 bits per heavy atom. The molecule has 0 radical (unpaired) electrons. The van der Waals surface area contributed by atoms with Gasteiger partial charge in [0.2, 0.25) is 0 Å². The van der Waals surface area contributed by atoms with E-state index in [0.29, 0.717) is 21.8 Å². The topological polar surface area (TPSA) is 24.1 Å². The quantitative estimate of drug-likeness (QED) is 0.612. The van der Waals surface area contributed by atoms with Crippen LogP contribution in [0.4, 0.5) is 18.9 Å². The highest BCUT2D eigenvalue weighted by Gasteiger charge is 2.31. The second kappa shape index (κ2) is 7.09. The maximum atomic E-state index is 12.6. The summed E-state index contributed by atoms with van der Waals surface area (Å²) in [6.07, 6.45) is -2.41. The number of benzene rings is 1. The minimum Gasteiger partial charge on any atom is -0.362 e. The number of hydrogen-bond donors (Lipinski definition) is 2.